The van der Waals surface area contributed by atoms with Crippen LogP contribution < -0.4 is 4.74 Å². The average molecular weight is 259 g/mol. The molecule has 0 aliphatic rings. The monoisotopic (exact) mass is 258 g/mol. The van der Waals surface area contributed by atoms with Crippen LogP contribution in [-0.2, 0) is 11.2 Å². The molecule has 1 aromatic carbocycles. The van der Waals surface area contributed by atoms with E-state index in [4.69, 9.17) is 9.84 Å². The minimum Gasteiger partial charge on any atom is -0.496 e. The number of carboxylic acid groups (broad SMARTS) is 1. The van der Waals surface area contributed by atoms with E-state index in [-0.39, 0.29) is 6.42 Å². The van der Waals surface area contributed by atoms with E-state index in [0.717, 1.165) is 21.3 Å². The molecule has 1 aromatic rings. The van der Waals surface area contributed by atoms with Gasteiger partial charge >= 0.3 is 5.97 Å². The molecule has 0 aliphatic carbocycles. The Kier molecular flexibility index (Phi) is 3.52. The molecule has 0 aromatic heterocycles. The molecular formula is C10H11BrO3. The van der Waals surface area contributed by atoms with Crippen molar-refractivity contribution in [2.75, 3.05) is 7.11 Å². The molecule has 0 fully saturated rings. The van der Waals surface area contributed by atoms with Crippen molar-refractivity contribution >= 4 is 21.9 Å². The quantitative estimate of drug-likeness (QED) is 0.906. The molecule has 0 radical (unpaired) electrons. The highest BCUT2D eigenvalue weighted by Crippen LogP contribution is 2.28. The normalized spacial score (nSPS) is 9.93. The lowest BCUT2D eigenvalue weighted by Crippen LogP contribution is -2.02. The van der Waals surface area contributed by atoms with Gasteiger partial charge in [-0.25, -0.2) is 0 Å². The van der Waals surface area contributed by atoms with Gasteiger partial charge in [0.15, 0.2) is 0 Å². The molecule has 76 valence electrons. The number of hydrogen-bond donors (Lipinski definition) is 1. The number of methoxy groups -OCH3 is 1. The lowest BCUT2D eigenvalue weighted by Gasteiger charge is -2.08. The second-order valence-corrected chi connectivity index (χ2v) is 3.84. The molecular weight excluding hydrogens is 248 g/mol. The number of rotatable bonds is 3. The summed E-state index contributed by atoms with van der Waals surface area (Å²) in [6, 6.07) is 3.60. The van der Waals surface area contributed by atoms with Crippen LogP contribution in [0.15, 0.2) is 16.6 Å². The van der Waals surface area contributed by atoms with Gasteiger partial charge in [-0.15, -0.1) is 0 Å². The van der Waals surface area contributed by atoms with E-state index in [2.05, 4.69) is 15.9 Å². The van der Waals surface area contributed by atoms with Crippen LogP contribution in [0.3, 0.4) is 0 Å². The summed E-state index contributed by atoms with van der Waals surface area (Å²) >= 11 is 3.31. The molecule has 0 bridgehead atoms. The number of ether oxygens (including phenoxy) is 1. The van der Waals surface area contributed by atoms with Crippen molar-refractivity contribution in [2.24, 2.45) is 0 Å². The Hall–Kier alpha value is -1.03. The summed E-state index contributed by atoms with van der Waals surface area (Å²) < 4.78 is 5.87. The molecule has 0 saturated heterocycles. The minimum absolute atomic E-state index is 0.0361. The Bertz CT molecular complexity index is 361. The van der Waals surface area contributed by atoms with E-state index < -0.39 is 5.97 Å². The highest BCUT2D eigenvalue weighted by atomic mass is 79.9. The molecule has 0 saturated carbocycles. The maximum atomic E-state index is 10.5. The molecule has 0 heterocycles. The first-order chi connectivity index (χ1) is 6.54. The number of carboxylic acids is 1. The third-order valence-electron chi connectivity index (χ3n) is 1.95. The molecule has 0 spiro atoms. The van der Waals surface area contributed by atoms with Crippen LogP contribution in [0.4, 0.5) is 0 Å². The number of aryl methyl sites for hydroxylation is 1. The van der Waals surface area contributed by atoms with Crippen molar-refractivity contribution in [1.82, 2.24) is 0 Å². The summed E-state index contributed by atoms with van der Waals surface area (Å²) in [6.45, 7) is 1.87. The van der Waals surface area contributed by atoms with Gasteiger partial charge in [0.25, 0.3) is 0 Å². The second-order valence-electron chi connectivity index (χ2n) is 2.98. The summed E-state index contributed by atoms with van der Waals surface area (Å²) in [5.41, 5.74) is 1.72. The Balaban J connectivity index is 3.08. The molecule has 4 heteroatoms. The van der Waals surface area contributed by atoms with Crippen molar-refractivity contribution < 1.29 is 14.6 Å². The van der Waals surface area contributed by atoms with Crippen LogP contribution in [0.25, 0.3) is 0 Å². The van der Waals surface area contributed by atoms with Gasteiger partial charge in [0.05, 0.1) is 18.0 Å². The van der Waals surface area contributed by atoms with Gasteiger partial charge in [0.2, 0.25) is 0 Å². The molecule has 0 amide bonds. The highest BCUT2D eigenvalue weighted by Gasteiger charge is 2.08. The third kappa shape index (κ3) is 2.48. The maximum absolute atomic E-state index is 10.5. The number of hydrogen-bond acceptors (Lipinski definition) is 2. The first-order valence-electron chi connectivity index (χ1n) is 4.09. The Labute approximate surface area is 90.8 Å². The fourth-order valence-corrected chi connectivity index (χ4v) is 1.76. The predicted molar refractivity (Wildman–Crippen MR) is 56.8 cm³/mol. The Morgan fingerprint density at radius 2 is 2.21 bits per heavy atom. The zero-order valence-corrected chi connectivity index (χ0v) is 9.59. The Morgan fingerprint density at radius 3 is 2.71 bits per heavy atom. The van der Waals surface area contributed by atoms with Crippen LogP contribution in [0.2, 0.25) is 0 Å². The van der Waals surface area contributed by atoms with Crippen LogP contribution in [0, 0.1) is 6.92 Å². The first kappa shape index (κ1) is 11.0. The van der Waals surface area contributed by atoms with Crippen LogP contribution >= 0.6 is 15.9 Å². The van der Waals surface area contributed by atoms with Gasteiger partial charge in [0.1, 0.15) is 5.75 Å². The van der Waals surface area contributed by atoms with Crippen LogP contribution in [-0.4, -0.2) is 18.2 Å². The molecule has 0 aliphatic heterocycles. The van der Waals surface area contributed by atoms with Crippen molar-refractivity contribution in [3.8, 4) is 5.75 Å². The van der Waals surface area contributed by atoms with Gasteiger partial charge in [-0.05, 0) is 46.1 Å². The summed E-state index contributed by atoms with van der Waals surface area (Å²) in [6.07, 6.45) is 0.0361. The van der Waals surface area contributed by atoms with E-state index in [0.29, 0.717) is 0 Å². The van der Waals surface area contributed by atoms with Crippen LogP contribution in [0.1, 0.15) is 11.1 Å². The molecule has 0 unspecified atom stereocenters. The lowest BCUT2D eigenvalue weighted by molar-refractivity contribution is -0.136. The highest BCUT2D eigenvalue weighted by molar-refractivity contribution is 9.10. The zero-order valence-electron chi connectivity index (χ0n) is 8.00. The van der Waals surface area contributed by atoms with Crippen molar-refractivity contribution in [3.05, 3.63) is 27.7 Å². The number of halogens is 1. The van der Waals surface area contributed by atoms with Gasteiger partial charge in [-0.3, -0.25) is 4.79 Å². The first-order valence-corrected chi connectivity index (χ1v) is 4.88. The summed E-state index contributed by atoms with van der Waals surface area (Å²) in [5.74, 6) is -0.109. The Morgan fingerprint density at radius 1 is 1.57 bits per heavy atom. The largest absolute Gasteiger partial charge is 0.496 e. The minimum atomic E-state index is -0.829. The van der Waals surface area contributed by atoms with Gasteiger partial charge < -0.3 is 9.84 Å². The second kappa shape index (κ2) is 4.46. The average Bonchev–Trinajstić information content (AvgIpc) is 2.10. The van der Waals surface area contributed by atoms with Crippen molar-refractivity contribution in [2.45, 2.75) is 13.3 Å². The van der Waals surface area contributed by atoms with E-state index in [1.807, 2.05) is 13.0 Å². The predicted octanol–water partition coefficient (Wildman–Crippen LogP) is 2.39. The van der Waals surface area contributed by atoms with E-state index in [1.54, 1.807) is 13.2 Å². The maximum Gasteiger partial charge on any atom is 0.307 e. The zero-order chi connectivity index (χ0) is 10.7. The molecule has 1 rings (SSSR count). The van der Waals surface area contributed by atoms with Gasteiger partial charge in [-0.2, -0.15) is 0 Å². The fourth-order valence-electron chi connectivity index (χ4n) is 1.21. The number of aliphatic carboxylic acids is 1. The van der Waals surface area contributed by atoms with Crippen molar-refractivity contribution in [1.29, 1.82) is 0 Å². The van der Waals surface area contributed by atoms with Crippen LogP contribution in [0.5, 0.6) is 5.75 Å². The smallest absolute Gasteiger partial charge is 0.307 e. The summed E-state index contributed by atoms with van der Waals surface area (Å²) in [4.78, 5) is 10.5. The SMILES string of the molecule is COc1cc(C)c(CC(=O)O)cc1Br. The summed E-state index contributed by atoms with van der Waals surface area (Å²) in [5, 5.41) is 8.66. The topological polar surface area (TPSA) is 46.5 Å². The molecule has 1 N–H and O–H groups in total. The lowest BCUT2D eigenvalue weighted by atomic mass is 10.1. The third-order valence-corrected chi connectivity index (χ3v) is 2.57. The standard InChI is InChI=1S/C10H11BrO3/c1-6-3-9(14-2)8(11)4-7(6)5-10(12)13/h3-4H,5H2,1-2H3,(H,12,13). The summed E-state index contributed by atoms with van der Waals surface area (Å²) in [7, 11) is 1.58. The van der Waals surface area contributed by atoms with Gasteiger partial charge in [-0.1, -0.05) is 0 Å². The number of benzene rings is 1. The fraction of sp³-hybridized carbons (Fsp3) is 0.300. The molecule has 0 atom stereocenters. The number of carbonyl (C=O) groups is 1. The molecule has 14 heavy (non-hydrogen) atoms. The van der Waals surface area contributed by atoms with E-state index in [1.165, 1.54) is 0 Å². The molecule has 3 nitrogen and oxygen atoms in total. The van der Waals surface area contributed by atoms with Crippen molar-refractivity contribution in [3.63, 3.8) is 0 Å². The van der Waals surface area contributed by atoms with E-state index >= 15 is 0 Å². The van der Waals surface area contributed by atoms with E-state index in [9.17, 15) is 4.79 Å². The van der Waals surface area contributed by atoms with Gasteiger partial charge in [0, 0.05) is 0 Å².